The molecule has 13 heteroatoms. The molecular formula is C29H38ClN5O7. The van der Waals surface area contributed by atoms with Crippen molar-refractivity contribution in [3.8, 4) is 5.75 Å². The molecule has 0 radical (unpaired) electrons. The van der Waals surface area contributed by atoms with Crippen LogP contribution in [-0.4, -0.2) is 107 Å². The van der Waals surface area contributed by atoms with Crippen LogP contribution in [-0.2, 0) is 22.4 Å². The van der Waals surface area contributed by atoms with Crippen LogP contribution in [0, 0.1) is 23.7 Å². The molecule has 12 nitrogen and oxygen atoms in total. The van der Waals surface area contributed by atoms with Crippen molar-refractivity contribution in [1.29, 1.82) is 0 Å². The number of aromatic hydroxyl groups is 1. The lowest BCUT2D eigenvalue weighted by Crippen LogP contribution is -2.62. The van der Waals surface area contributed by atoms with E-state index in [1.807, 2.05) is 19.0 Å². The number of aliphatic hydroxyl groups is 3. The number of fused-ring (bicyclic) bond motifs is 4. The fourth-order valence-electron chi connectivity index (χ4n) is 7.86. The van der Waals surface area contributed by atoms with Gasteiger partial charge in [-0.1, -0.05) is 0 Å². The molecule has 1 saturated heterocycles. The van der Waals surface area contributed by atoms with E-state index in [-0.39, 0.29) is 66.3 Å². The molecule has 6 atom stereocenters. The van der Waals surface area contributed by atoms with Crippen molar-refractivity contribution >= 4 is 35.7 Å². The Morgan fingerprint density at radius 3 is 2.21 bits per heavy atom. The Kier molecular flexibility index (Phi) is 7.08. The smallest absolute Gasteiger partial charge is 0.257 e. The molecule has 1 aromatic rings. The Balaban J connectivity index is 0.00000353. The van der Waals surface area contributed by atoms with E-state index in [2.05, 4.69) is 0 Å². The predicted molar refractivity (Wildman–Crippen MR) is 155 cm³/mol. The van der Waals surface area contributed by atoms with Crippen LogP contribution in [0.15, 0.2) is 28.7 Å². The molecule has 1 aromatic carbocycles. The lowest BCUT2D eigenvalue weighted by molar-refractivity contribution is -0.136. The number of carbonyl (C=O) groups excluding carboxylic acids is 3. The highest BCUT2D eigenvalue weighted by Crippen LogP contribution is 2.54. The first-order valence-corrected chi connectivity index (χ1v) is 13.9. The number of hydrogen-bond acceptors (Lipinski definition) is 10. The molecule has 5 aliphatic rings. The number of amides is 2. The molecule has 2 fully saturated rings. The summed E-state index contributed by atoms with van der Waals surface area (Å²) in [6.07, 6.45) is 0.580. The molecule has 1 saturated carbocycles. The van der Waals surface area contributed by atoms with Crippen LogP contribution in [0.1, 0.15) is 27.9 Å². The molecule has 0 spiro atoms. The minimum absolute atomic E-state index is 0. The number of piperidine rings is 1. The summed E-state index contributed by atoms with van der Waals surface area (Å²) in [5, 5.41) is 46.0. The van der Waals surface area contributed by atoms with Crippen molar-refractivity contribution in [1.82, 2.24) is 9.80 Å². The number of ketones is 1. The van der Waals surface area contributed by atoms with Gasteiger partial charge in [-0.25, -0.2) is 0 Å². The lowest BCUT2D eigenvalue weighted by atomic mass is 9.59. The topological polar surface area (TPSA) is 194 Å². The predicted octanol–water partition coefficient (Wildman–Crippen LogP) is -0.00270. The second kappa shape index (κ2) is 9.87. The van der Waals surface area contributed by atoms with Gasteiger partial charge in [-0.05, 0) is 61.9 Å². The number of carbonyl (C=O) groups is 3. The third kappa shape index (κ3) is 3.95. The van der Waals surface area contributed by atoms with Crippen molar-refractivity contribution in [2.75, 3.05) is 46.2 Å². The number of likely N-dealkylation sites (N-methyl/N-ethyl adjacent to an activating group) is 1. The van der Waals surface area contributed by atoms with Crippen LogP contribution in [0.4, 0.5) is 5.69 Å². The first-order chi connectivity index (χ1) is 19.2. The van der Waals surface area contributed by atoms with Gasteiger partial charge < -0.3 is 41.7 Å². The zero-order valence-electron chi connectivity index (χ0n) is 24.0. The minimum atomic E-state index is -2.42. The molecule has 2 amide bonds. The lowest BCUT2D eigenvalue weighted by Gasteiger charge is -2.51. The highest BCUT2D eigenvalue weighted by atomic mass is 35.5. The van der Waals surface area contributed by atoms with Gasteiger partial charge in [-0.15, -0.1) is 12.4 Å². The summed E-state index contributed by atoms with van der Waals surface area (Å²) < 4.78 is 0. The average molecular weight is 604 g/mol. The third-order valence-corrected chi connectivity index (χ3v) is 10.1. The van der Waals surface area contributed by atoms with Gasteiger partial charge in [0.15, 0.2) is 11.4 Å². The monoisotopic (exact) mass is 603 g/mol. The van der Waals surface area contributed by atoms with Gasteiger partial charge in [0.1, 0.15) is 22.8 Å². The Bertz CT molecular complexity index is 1460. The largest absolute Gasteiger partial charge is 0.509 e. The second-order valence-electron chi connectivity index (χ2n) is 12.7. The maximum absolute atomic E-state index is 13.5. The Hall–Kier alpha value is -3.32. The number of phenolic OH excluding ortho intramolecular Hbond substituents is 1. The zero-order chi connectivity index (χ0) is 29.9. The summed E-state index contributed by atoms with van der Waals surface area (Å²) >= 11 is 0. The van der Waals surface area contributed by atoms with Gasteiger partial charge in [-0.3, -0.25) is 19.3 Å². The van der Waals surface area contributed by atoms with Crippen LogP contribution >= 0.6 is 12.4 Å². The minimum Gasteiger partial charge on any atom is -0.509 e. The number of nitrogens with zero attached hydrogens (tertiary/aromatic N) is 3. The Morgan fingerprint density at radius 2 is 1.67 bits per heavy atom. The maximum Gasteiger partial charge on any atom is 0.257 e. The van der Waals surface area contributed by atoms with E-state index in [0.29, 0.717) is 30.6 Å². The molecule has 228 valence electrons. The number of phenols is 1. The molecule has 8 N–H and O–H groups in total. The van der Waals surface area contributed by atoms with E-state index < -0.39 is 46.3 Å². The molecule has 0 bridgehead atoms. The number of nitrogens with two attached hydrogens (primary N) is 2. The van der Waals surface area contributed by atoms with Gasteiger partial charge in [0.05, 0.1) is 11.6 Å². The van der Waals surface area contributed by atoms with Crippen LogP contribution in [0.25, 0.3) is 0 Å². The highest BCUT2D eigenvalue weighted by molar-refractivity contribution is 6.22. The number of Topliss-reactive ketones (excluding diaryl/α,β-unsaturated/α-hetero) is 1. The third-order valence-electron chi connectivity index (χ3n) is 10.1. The van der Waals surface area contributed by atoms with Crippen molar-refractivity contribution in [3.63, 3.8) is 0 Å². The van der Waals surface area contributed by atoms with Crippen molar-refractivity contribution in [2.24, 2.45) is 35.1 Å². The normalized spacial score (nSPS) is 33.0. The van der Waals surface area contributed by atoms with E-state index in [1.165, 1.54) is 0 Å². The fourth-order valence-corrected chi connectivity index (χ4v) is 7.86. The van der Waals surface area contributed by atoms with Gasteiger partial charge in [0, 0.05) is 56.8 Å². The van der Waals surface area contributed by atoms with Crippen LogP contribution < -0.4 is 16.4 Å². The molecule has 4 aliphatic carbocycles. The molecule has 42 heavy (non-hydrogen) atoms. The number of allylic oxidation sites excluding steroid dienone is 1. The highest BCUT2D eigenvalue weighted by Gasteiger charge is 2.61. The summed E-state index contributed by atoms with van der Waals surface area (Å²) in [5.74, 6) is -4.63. The van der Waals surface area contributed by atoms with Crippen molar-refractivity contribution in [3.05, 3.63) is 45.4 Å². The standard InChI is InChI=1S/C29H37N5O7.ClH/c1-32(2)19-8-15(28(40)34-9-16-17(10-34)21(16)30)23(35)14-7-12-11(5-13(14)19)6-18-22(33(3)4)24(36)20(27(31)39)26(38)29(18,41)25(12)37;/h8,11,16-18,21-22,35,37-38,41H,5-7,9-10,30H2,1-4H3,(H2,31,39);1H/t11-,16?,17?,18-,21?,22-,29-;/m0./s1. The molecular weight excluding hydrogens is 566 g/mol. The fraction of sp³-hybridized carbons (Fsp3) is 0.552. The molecule has 6 rings (SSSR count). The Labute approximate surface area is 249 Å². The number of benzene rings is 1. The van der Waals surface area contributed by atoms with Gasteiger partial charge in [0.2, 0.25) is 0 Å². The average Bonchev–Trinajstić information content (AvgIpc) is 3.28. The maximum atomic E-state index is 13.5. The number of anilines is 1. The van der Waals surface area contributed by atoms with Gasteiger partial charge in [0.25, 0.3) is 11.8 Å². The number of aliphatic hydroxyl groups excluding tert-OH is 2. The first kappa shape index (κ1) is 30.1. The number of likely N-dealkylation sites (tertiary alicyclic amines) is 1. The summed E-state index contributed by atoms with van der Waals surface area (Å²) in [5.41, 5.74) is 10.9. The summed E-state index contributed by atoms with van der Waals surface area (Å²) in [6, 6.07) is 0.795. The van der Waals surface area contributed by atoms with E-state index in [4.69, 9.17) is 11.5 Å². The number of hydrogen-bond donors (Lipinski definition) is 6. The molecule has 2 unspecified atom stereocenters. The zero-order valence-corrected chi connectivity index (χ0v) is 24.8. The van der Waals surface area contributed by atoms with Gasteiger partial charge >= 0.3 is 0 Å². The molecule has 1 heterocycles. The van der Waals surface area contributed by atoms with E-state index >= 15 is 0 Å². The second-order valence-corrected chi connectivity index (χ2v) is 12.7. The summed E-state index contributed by atoms with van der Waals surface area (Å²) in [6.45, 7) is 1.08. The Morgan fingerprint density at radius 1 is 1.05 bits per heavy atom. The first-order valence-electron chi connectivity index (χ1n) is 13.9. The van der Waals surface area contributed by atoms with E-state index in [0.717, 1.165) is 11.3 Å². The number of halogens is 1. The van der Waals surface area contributed by atoms with Crippen LogP contribution in [0.5, 0.6) is 5.75 Å². The van der Waals surface area contributed by atoms with Crippen molar-refractivity contribution in [2.45, 2.75) is 36.9 Å². The number of rotatable bonds is 4. The van der Waals surface area contributed by atoms with Crippen LogP contribution in [0.2, 0.25) is 0 Å². The van der Waals surface area contributed by atoms with Crippen molar-refractivity contribution < 1.29 is 34.8 Å². The van der Waals surface area contributed by atoms with Gasteiger partial charge in [-0.2, -0.15) is 0 Å². The molecule has 1 aliphatic heterocycles. The number of primary amides is 1. The summed E-state index contributed by atoms with van der Waals surface area (Å²) in [4.78, 5) is 44.1. The van der Waals surface area contributed by atoms with Crippen LogP contribution in [0.3, 0.4) is 0 Å². The van der Waals surface area contributed by atoms with E-state index in [1.54, 1.807) is 30.0 Å². The quantitative estimate of drug-likeness (QED) is 0.255. The van der Waals surface area contributed by atoms with E-state index in [9.17, 15) is 34.8 Å². The summed E-state index contributed by atoms with van der Waals surface area (Å²) in [7, 11) is 6.94. The SMILES string of the molecule is CN(C)c1cc(C(=O)N2CC3C(N)C3C2)c(O)c2c1C[C@H]1C[C@H]3[C@H](N(C)C)C(=O)C(C(N)=O)=C(O)[C@@]3(O)C(O)=C1C2.Cl. The molecule has 0 aromatic heterocycles.